The maximum atomic E-state index is 12.3. The second-order valence-corrected chi connectivity index (χ2v) is 6.78. The van der Waals surface area contributed by atoms with E-state index in [1.54, 1.807) is 25.4 Å². The van der Waals surface area contributed by atoms with E-state index in [0.717, 1.165) is 33.2 Å². The minimum Gasteiger partial charge on any atom is -0.461 e. The van der Waals surface area contributed by atoms with Crippen LogP contribution in [-0.4, -0.2) is 42.9 Å². The molecule has 3 aromatic heterocycles. The average Bonchev–Trinajstić information content (AvgIpc) is 3.42. The quantitative estimate of drug-likeness (QED) is 0.308. The number of hydrogen-bond donors (Lipinski definition) is 4. The number of rotatable bonds is 6. The third-order valence-electron chi connectivity index (χ3n) is 4.62. The van der Waals surface area contributed by atoms with Crippen LogP contribution in [0.1, 0.15) is 17.4 Å². The van der Waals surface area contributed by atoms with Crippen LogP contribution in [0.2, 0.25) is 0 Å². The summed E-state index contributed by atoms with van der Waals surface area (Å²) in [5.41, 5.74) is 3.44. The predicted octanol–water partition coefficient (Wildman–Crippen LogP) is 3.89. The predicted molar refractivity (Wildman–Crippen MR) is 117 cm³/mol. The molecule has 154 valence electrons. The summed E-state index contributed by atoms with van der Waals surface area (Å²) in [6.45, 7) is 2.00. The Balaban J connectivity index is 1.48. The van der Waals surface area contributed by atoms with Gasteiger partial charge < -0.3 is 15.4 Å². The van der Waals surface area contributed by atoms with Crippen molar-refractivity contribution >= 4 is 50.9 Å². The number of carbonyl (C=O) groups is 1. The van der Waals surface area contributed by atoms with Crippen molar-refractivity contribution in [3.8, 4) is 0 Å². The SMILES string of the molecule is CCOC(=O)c1cc(Nc2ccc3cn[nH]c3c2)nc(Nc2ccc3cn[nH]c3c2)n1. The van der Waals surface area contributed by atoms with E-state index in [1.807, 2.05) is 36.4 Å². The molecule has 5 aromatic rings. The van der Waals surface area contributed by atoms with Crippen LogP contribution >= 0.6 is 0 Å². The number of nitrogens with zero attached hydrogens (tertiary/aromatic N) is 4. The number of ether oxygens (including phenoxy) is 1. The average molecular weight is 414 g/mol. The highest BCUT2D eigenvalue weighted by Gasteiger charge is 2.14. The lowest BCUT2D eigenvalue weighted by Crippen LogP contribution is -2.11. The van der Waals surface area contributed by atoms with Gasteiger partial charge in [0.25, 0.3) is 0 Å². The number of aromatic amines is 2. The summed E-state index contributed by atoms with van der Waals surface area (Å²) in [4.78, 5) is 21.2. The Morgan fingerprint density at radius 2 is 1.55 bits per heavy atom. The van der Waals surface area contributed by atoms with Crippen LogP contribution < -0.4 is 10.6 Å². The number of esters is 1. The van der Waals surface area contributed by atoms with Crippen LogP contribution in [0.15, 0.2) is 54.9 Å². The first kappa shape index (κ1) is 18.6. The van der Waals surface area contributed by atoms with E-state index in [-0.39, 0.29) is 18.2 Å². The van der Waals surface area contributed by atoms with E-state index >= 15 is 0 Å². The number of carbonyl (C=O) groups excluding carboxylic acids is 1. The zero-order chi connectivity index (χ0) is 21.2. The van der Waals surface area contributed by atoms with Gasteiger partial charge in [-0.3, -0.25) is 10.2 Å². The lowest BCUT2D eigenvalue weighted by Gasteiger charge is -2.11. The second kappa shape index (κ2) is 7.75. The highest BCUT2D eigenvalue weighted by atomic mass is 16.5. The van der Waals surface area contributed by atoms with Crippen molar-refractivity contribution in [1.29, 1.82) is 0 Å². The number of nitrogens with one attached hydrogen (secondary N) is 4. The Morgan fingerprint density at radius 3 is 2.19 bits per heavy atom. The Kier molecular flexibility index (Phi) is 4.64. The van der Waals surface area contributed by atoms with Crippen molar-refractivity contribution in [2.45, 2.75) is 6.92 Å². The minimum absolute atomic E-state index is 0.145. The van der Waals surface area contributed by atoms with Gasteiger partial charge in [0, 0.05) is 28.2 Å². The maximum Gasteiger partial charge on any atom is 0.357 e. The van der Waals surface area contributed by atoms with Crippen molar-refractivity contribution in [3.63, 3.8) is 0 Å². The summed E-state index contributed by atoms with van der Waals surface area (Å²) in [6, 6.07) is 13.0. The zero-order valence-corrected chi connectivity index (χ0v) is 16.5. The van der Waals surface area contributed by atoms with Gasteiger partial charge in [-0.1, -0.05) is 0 Å². The summed E-state index contributed by atoms with van der Waals surface area (Å²) in [6.07, 6.45) is 3.50. The zero-order valence-electron chi connectivity index (χ0n) is 16.5. The fourth-order valence-corrected chi connectivity index (χ4v) is 3.18. The molecule has 0 unspecified atom stereocenters. The van der Waals surface area contributed by atoms with Gasteiger partial charge in [0.1, 0.15) is 5.82 Å². The third-order valence-corrected chi connectivity index (χ3v) is 4.62. The standard InChI is InChI=1S/C21H18N8O2/c1-2-31-20(30)18-9-19(24-14-5-3-12-10-22-28-16(12)7-14)27-21(26-18)25-15-6-4-13-11-23-29-17(13)8-15/h3-11H,2H2,1H3,(H,22,28)(H,23,29)(H2,24,25,26,27). The number of aromatic nitrogens is 6. The van der Waals surface area contributed by atoms with E-state index in [1.165, 1.54) is 0 Å². The fraction of sp³-hybridized carbons (Fsp3) is 0.0952. The van der Waals surface area contributed by atoms with Crippen molar-refractivity contribution in [2.75, 3.05) is 17.2 Å². The molecule has 0 amide bonds. The lowest BCUT2D eigenvalue weighted by atomic mass is 10.2. The molecule has 0 aliphatic carbocycles. The molecule has 31 heavy (non-hydrogen) atoms. The first-order valence-electron chi connectivity index (χ1n) is 9.64. The highest BCUT2D eigenvalue weighted by molar-refractivity contribution is 5.89. The van der Waals surface area contributed by atoms with Gasteiger partial charge in [-0.25, -0.2) is 9.78 Å². The highest BCUT2D eigenvalue weighted by Crippen LogP contribution is 2.23. The molecular formula is C21H18N8O2. The number of benzene rings is 2. The van der Waals surface area contributed by atoms with E-state index in [9.17, 15) is 4.79 Å². The smallest absolute Gasteiger partial charge is 0.357 e. The Hall–Kier alpha value is -4.47. The van der Waals surface area contributed by atoms with Crippen molar-refractivity contribution in [2.24, 2.45) is 0 Å². The Bertz CT molecular complexity index is 1300. The number of hydrogen-bond acceptors (Lipinski definition) is 8. The maximum absolute atomic E-state index is 12.3. The van der Waals surface area contributed by atoms with Crippen LogP contribution in [-0.2, 0) is 4.74 Å². The molecule has 4 N–H and O–H groups in total. The first-order valence-corrected chi connectivity index (χ1v) is 9.64. The Labute approximate surface area is 176 Å². The molecule has 10 heteroatoms. The van der Waals surface area contributed by atoms with Crippen molar-refractivity contribution in [3.05, 3.63) is 60.6 Å². The van der Waals surface area contributed by atoms with Crippen molar-refractivity contribution < 1.29 is 9.53 Å². The van der Waals surface area contributed by atoms with Gasteiger partial charge in [-0.15, -0.1) is 0 Å². The van der Waals surface area contributed by atoms with E-state index in [0.29, 0.717) is 5.82 Å². The molecule has 2 aromatic carbocycles. The second-order valence-electron chi connectivity index (χ2n) is 6.78. The van der Waals surface area contributed by atoms with E-state index < -0.39 is 5.97 Å². The number of H-pyrrole nitrogens is 2. The molecular weight excluding hydrogens is 396 g/mol. The molecule has 0 bridgehead atoms. The van der Waals surface area contributed by atoms with Crippen LogP contribution in [0.5, 0.6) is 0 Å². The molecule has 0 fully saturated rings. The van der Waals surface area contributed by atoms with Crippen molar-refractivity contribution in [1.82, 2.24) is 30.4 Å². The molecule has 0 atom stereocenters. The van der Waals surface area contributed by atoms with E-state index in [2.05, 4.69) is 41.0 Å². The molecule has 0 aliphatic heterocycles. The summed E-state index contributed by atoms with van der Waals surface area (Å²) >= 11 is 0. The number of anilines is 4. The normalized spacial score (nSPS) is 11.0. The monoisotopic (exact) mass is 414 g/mol. The fourth-order valence-electron chi connectivity index (χ4n) is 3.18. The number of fused-ring (bicyclic) bond motifs is 2. The summed E-state index contributed by atoms with van der Waals surface area (Å²) < 4.78 is 5.12. The van der Waals surface area contributed by atoms with Gasteiger partial charge >= 0.3 is 5.97 Å². The third kappa shape index (κ3) is 3.86. The van der Waals surface area contributed by atoms with Gasteiger partial charge in [-0.05, 0) is 43.3 Å². The van der Waals surface area contributed by atoms with Crippen LogP contribution in [0, 0.1) is 0 Å². The molecule has 5 rings (SSSR count). The molecule has 0 radical (unpaired) electrons. The Morgan fingerprint density at radius 1 is 0.903 bits per heavy atom. The molecule has 0 saturated carbocycles. The molecule has 0 aliphatic rings. The van der Waals surface area contributed by atoms with Gasteiger partial charge in [0.15, 0.2) is 5.69 Å². The van der Waals surface area contributed by atoms with E-state index in [4.69, 9.17) is 4.74 Å². The summed E-state index contributed by atoms with van der Waals surface area (Å²) in [7, 11) is 0. The minimum atomic E-state index is -0.524. The summed E-state index contributed by atoms with van der Waals surface area (Å²) in [5, 5.41) is 22.2. The molecule has 0 saturated heterocycles. The van der Waals surface area contributed by atoms with Gasteiger partial charge in [-0.2, -0.15) is 15.2 Å². The lowest BCUT2D eigenvalue weighted by molar-refractivity contribution is 0.0519. The summed E-state index contributed by atoms with van der Waals surface area (Å²) in [5.74, 6) is 0.181. The first-order chi connectivity index (χ1) is 15.2. The molecule has 3 heterocycles. The molecule has 0 spiro atoms. The van der Waals surface area contributed by atoms with Gasteiger partial charge in [0.05, 0.1) is 30.0 Å². The van der Waals surface area contributed by atoms with Crippen LogP contribution in [0.4, 0.5) is 23.1 Å². The largest absolute Gasteiger partial charge is 0.461 e. The van der Waals surface area contributed by atoms with Crippen LogP contribution in [0.25, 0.3) is 21.8 Å². The van der Waals surface area contributed by atoms with Crippen LogP contribution in [0.3, 0.4) is 0 Å². The topological polar surface area (TPSA) is 134 Å². The molecule has 10 nitrogen and oxygen atoms in total. The van der Waals surface area contributed by atoms with Gasteiger partial charge in [0.2, 0.25) is 5.95 Å².